The van der Waals surface area contributed by atoms with Crippen LogP contribution in [0, 0.1) is 0 Å². The summed E-state index contributed by atoms with van der Waals surface area (Å²) in [5, 5.41) is 3.70. The normalized spacial score (nSPS) is 11.9. The second-order valence-electron chi connectivity index (χ2n) is 8.99. The molecule has 0 radical (unpaired) electrons. The number of ether oxygens (including phenoxy) is 1. The molecule has 40 heavy (non-hydrogen) atoms. The molecule has 8 nitrogen and oxygen atoms in total. The van der Waals surface area contributed by atoms with Crippen LogP contribution in [0.5, 0.6) is 5.75 Å². The highest BCUT2D eigenvalue weighted by atomic mass is 35.5. The van der Waals surface area contributed by atoms with Crippen molar-refractivity contribution in [1.82, 2.24) is 10.2 Å². The second-order valence-corrected chi connectivity index (χ2v) is 11.7. The Balaban J connectivity index is 2.05. The molecule has 0 saturated carbocycles. The van der Waals surface area contributed by atoms with Gasteiger partial charge >= 0.3 is 0 Å². The van der Waals surface area contributed by atoms with Crippen molar-refractivity contribution in [2.75, 3.05) is 24.5 Å². The molecule has 0 saturated heterocycles. The first-order valence-electron chi connectivity index (χ1n) is 12.8. The highest BCUT2D eigenvalue weighted by Gasteiger charge is 2.34. The molecule has 0 heterocycles. The van der Waals surface area contributed by atoms with Gasteiger partial charge in [-0.1, -0.05) is 55.2 Å². The highest BCUT2D eigenvalue weighted by Crippen LogP contribution is 2.28. The number of hydrogen-bond donors (Lipinski definition) is 1. The molecule has 3 aromatic rings. The summed E-state index contributed by atoms with van der Waals surface area (Å²) in [7, 11) is -2.73. The fourth-order valence-electron chi connectivity index (χ4n) is 4.11. The topological polar surface area (TPSA) is 96.0 Å². The smallest absolute Gasteiger partial charge is 0.264 e. The van der Waals surface area contributed by atoms with E-state index in [1.165, 1.54) is 48.4 Å². The van der Waals surface area contributed by atoms with E-state index in [2.05, 4.69) is 5.32 Å². The van der Waals surface area contributed by atoms with Crippen molar-refractivity contribution < 1.29 is 22.7 Å². The van der Waals surface area contributed by atoms with Gasteiger partial charge in [-0.05, 0) is 73.0 Å². The quantitative estimate of drug-likeness (QED) is 0.276. The average Bonchev–Trinajstić information content (AvgIpc) is 2.96. The number of halogens is 2. The SMILES string of the molecule is CCCNC(=O)[C@@H](CC)N(Cc1ccccc1Cl)C(=O)CN(c1ccc(Cl)cc1)S(=O)(=O)c1ccc(OC)cc1. The minimum absolute atomic E-state index is 0.0214. The Hall–Kier alpha value is -3.27. The molecule has 0 fully saturated rings. The largest absolute Gasteiger partial charge is 0.497 e. The lowest BCUT2D eigenvalue weighted by Gasteiger charge is -2.33. The first-order valence-corrected chi connectivity index (χ1v) is 15.0. The Morgan fingerprint density at radius 2 is 1.60 bits per heavy atom. The van der Waals surface area contributed by atoms with E-state index in [9.17, 15) is 18.0 Å². The van der Waals surface area contributed by atoms with Gasteiger partial charge < -0.3 is 15.0 Å². The predicted octanol–water partition coefficient (Wildman–Crippen LogP) is 5.53. The van der Waals surface area contributed by atoms with Crippen LogP contribution in [0.1, 0.15) is 32.3 Å². The first-order chi connectivity index (χ1) is 19.1. The lowest BCUT2D eigenvalue weighted by Crippen LogP contribution is -2.52. The fourth-order valence-corrected chi connectivity index (χ4v) is 5.84. The van der Waals surface area contributed by atoms with Gasteiger partial charge in [-0.15, -0.1) is 0 Å². The lowest BCUT2D eigenvalue weighted by atomic mass is 10.1. The molecule has 3 aromatic carbocycles. The summed E-state index contributed by atoms with van der Waals surface area (Å²) in [5.74, 6) is -0.394. The molecule has 214 valence electrons. The summed E-state index contributed by atoms with van der Waals surface area (Å²) in [6.45, 7) is 3.65. The van der Waals surface area contributed by atoms with Crippen molar-refractivity contribution in [2.24, 2.45) is 0 Å². The fraction of sp³-hybridized carbons (Fsp3) is 0.310. The molecular weight excluding hydrogens is 573 g/mol. The van der Waals surface area contributed by atoms with Crippen LogP contribution in [0.3, 0.4) is 0 Å². The maximum Gasteiger partial charge on any atom is 0.264 e. The molecule has 1 N–H and O–H groups in total. The molecule has 3 rings (SSSR count). The summed E-state index contributed by atoms with van der Waals surface area (Å²) in [6.07, 6.45) is 1.04. The summed E-state index contributed by atoms with van der Waals surface area (Å²) >= 11 is 12.5. The van der Waals surface area contributed by atoms with Gasteiger partial charge in [0.1, 0.15) is 18.3 Å². The summed E-state index contributed by atoms with van der Waals surface area (Å²) in [6, 6.07) is 18.2. The van der Waals surface area contributed by atoms with Crippen molar-refractivity contribution in [2.45, 2.75) is 44.2 Å². The number of methoxy groups -OCH3 is 1. The van der Waals surface area contributed by atoms with E-state index >= 15 is 0 Å². The van der Waals surface area contributed by atoms with Crippen molar-refractivity contribution in [3.8, 4) is 5.75 Å². The number of anilines is 1. The zero-order valence-electron chi connectivity index (χ0n) is 22.6. The molecule has 0 aliphatic carbocycles. The summed E-state index contributed by atoms with van der Waals surface area (Å²) < 4.78 is 33.9. The third kappa shape index (κ3) is 7.68. The molecule has 0 aliphatic heterocycles. The van der Waals surface area contributed by atoms with Gasteiger partial charge in [-0.2, -0.15) is 0 Å². The van der Waals surface area contributed by atoms with Crippen LogP contribution in [0.4, 0.5) is 5.69 Å². The average molecular weight is 607 g/mol. The van der Waals surface area contributed by atoms with Crippen LogP contribution in [0.25, 0.3) is 0 Å². The third-order valence-electron chi connectivity index (χ3n) is 6.27. The zero-order valence-corrected chi connectivity index (χ0v) is 25.0. The molecule has 0 aromatic heterocycles. The molecule has 0 bridgehead atoms. The van der Waals surface area contributed by atoms with Gasteiger partial charge in [0.05, 0.1) is 17.7 Å². The van der Waals surface area contributed by atoms with E-state index in [4.69, 9.17) is 27.9 Å². The predicted molar refractivity (Wildman–Crippen MR) is 158 cm³/mol. The molecule has 0 unspecified atom stereocenters. The number of benzene rings is 3. The van der Waals surface area contributed by atoms with E-state index in [0.717, 1.165) is 10.7 Å². The standard InChI is InChI=1S/C29H33Cl2N3O5S/c1-4-18-32-29(36)27(5-2)33(19-21-8-6-7-9-26(21)31)28(35)20-34(23-12-10-22(30)11-13-23)40(37,38)25-16-14-24(39-3)15-17-25/h6-17,27H,4-5,18-20H2,1-3H3,(H,32,36)/t27-/m1/s1. The Kier molecular flexibility index (Phi) is 11.2. The van der Waals surface area contributed by atoms with Gasteiger partial charge in [-0.3, -0.25) is 13.9 Å². The lowest BCUT2D eigenvalue weighted by molar-refractivity contribution is -0.140. The Morgan fingerprint density at radius 3 is 2.17 bits per heavy atom. The number of sulfonamides is 1. The molecule has 11 heteroatoms. The number of hydrogen-bond acceptors (Lipinski definition) is 5. The minimum atomic E-state index is -4.21. The molecule has 1 atom stereocenters. The summed E-state index contributed by atoms with van der Waals surface area (Å²) in [4.78, 5) is 28.5. The van der Waals surface area contributed by atoms with Crippen molar-refractivity contribution >= 4 is 50.7 Å². The number of nitrogens with one attached hydrogen (secondary N) is 1. The monoisotopic (exact) mass is 605 g/mol. The molecule has 0 spiro atoms. The van der Waals surface area contributed by atoms with E-state index in [1.54, 1.807) is 43.3 Å². The van der Waals surface area contributed by atoms with Crippen LogP contribution in [-0.2, 0) is 26.2 Å². The Morgan fingerprint density at radius 1 is 0.950 bits per heavy atom. The van der Waals surface area contributed by atoms with Crippen molar-refractivity contribution in [1.29, 1.82) is 0 Å². The van der Waals surface area contributed by atoms with E-state index in [1.807, 2.05) is 6.92 Å². The van der Waals surface area contributed by atoms with Crippen molar-refractivity contribution in [3.63, 3.8) is 0 Å². The molecular formula is C29H33Cl2N3O5S. The second kappa shape index (κ2) is 14.4. The zero-order chi connectivity index (χ0) is 29.3. The van der Waals surface area contributed by atoms with E-state index < -0.39 is 28.5 Å². The maximum absolute atomic E-state index is 14.0. The van der Waals surface area contributed by atoms with Crippen LogP contribution >= 0.6 is 23.2 Å². The number of carbonyl (C=O) groups is 2. The van der Waals surface area contributed by atoms with Gasteiger partial charge in [0.25, 0.3) is 10.0 Å². The molecule has 2 amide bonds. The number of amides is 2. The van der Waals surface area contributed by atoms with Crippen LogP contribution in [-0.4, -0.2) is 51.4 Å². The van der Waals surface area contributed by atoms with Gasteiger partial charge in [0, 0.05) is 23.1 Å². The summed E-state index contributed by atoms with van der Waals surface area (Å²) in [5.41, 5.74) is 0.880. The number of rotatable bonds is 13. The van der Waals surface area contributed by atoms with Gasteiger partial charge in [0.15, 0.2) is 0 Å². The Labute approximate surface area is 245 Å². The van der Waals surface area contributed by atoms with Crippen molar-refractivity contribution in [3.05, 3.63) is 88.4 Å². The van der Waals surface area contributed by atoms with Gasteiger partial charge in [0.2, 0.25) is 11.8 Å². The van der Waals surface area contributed by atoms with E-state index in [-0.39, 0.29) is 23.0 Å². The number of nitrogens with zero attached hydrogens (tertiary/aromatic N) is 2. The maximum atomic E-state index is 14.0. The third-order valence-corrected chi connectivity index (χ3v) is 8.68. The Bertz CT molecular complexity index is 1400. The molecule has 0 aliphatic rings. The van der Waals surface area contributed by atoms with Gasteiger partial charge in [-0.25, -0.2) is 8.42 Å². The van der Waals surface area contributed by atoms with Crippen LogP contribution in [0.15, 0.2) is 77.7 Å². The first kappa shape index (κ1) is 31.3. The van der Waals surface area contributed by atoms with Crippen LogP contribution in [0.2, 0.25) is 10.0 Å². The van der Waals surface area contributed by atoms with Crippen LogP contribution < -0.4 is 14.4 Å². The minimum Gasteiger partial charge on any atom is -0.497 e. The number of carbonyl (C=O) groups excluding carboxylic acids is 2. The van der Waals surface area contributed by atoms with E-state index in [0.29, 0.717) is 34.3 Å². The highest BCUT2D eigenvalue weighted by molar-refractivity contribution is 7.92.